The van der Waals surface area contributed by atoms with Crippen LogP contribution in [0.1, 0.15) is 34.8 Å². The molecular weight excluding hydrogens is 318 g/mol. The van der Waals surface area contributed by atoms with Gasteiger partial charge in [0.25, 0.3) is 5.91 Å². The second-order valence-electron chi connectivity index (χ2n) is 6.09. The molecule has 0 unspecified atom stereocenters. The Morgan fingerprint density at radius 2 is 1.88 bits per heavy atom. The third-order valence-electron chi connectivity index (χ3n) is 3.82. The minimum absolute atomic E-state index is 0.0285. The van der Waals surface area contributed by atoms with Crippen LogP contribution in [0, 0.1) is 6.92 Å². The van der Waals surface area contributed by atoms with Gasteiger partial charge in [0.15, 0.2) is 6.61 Å². The summed E-state index contributed by atoms with van der Waals surface area (Å²) in [6, 6.07) is 14.7. The number of benzene rings is 2. The van der Waals surface area contributed by atoms with Crippen LogP contribution in [0.5, 0.6) is 5.75 Å². The van der Waals surface area contributed by atoms with Gasteiger partial charge in [0, 0.05) is 6.04 Å². The van der Waals surface area contributed by atoms with Gasteiger partial charge in [0.2, 0.25) is 0 Å². The van der Waals surface area contributed by atoms with E-state index in [0.29, 0.717) is 0 Å². The van der Waals surface area contributed by atoms with E-state index in [1.165, 1.54) is 17.7 Å². The highest BCUT2D eigenvalue weighted by molar-refractivity contribution is 5.93. The number of amides is 1. The largest absolute Gasteiger partial charge is 0.507 e. The Balaban J connectivity index is 1.75. The fourth-order valence-corrected chi connectivity index (χ4v) is 2.44. The van der Waals surface area contributed by atoms with Crippen molar-refractivity contribution in [2.45, 2.75) is 32.7 Å². The number of carbonyl (C=O) groups is 2. The molecule has 2 aromatic rings. The molecule has 25 heavy (non-hydrogen) atoms. The summed E-state index contributed by atoms with van der Waals surface area (Å²) in [6.07, 6.45) is 1.65. The Kier molecular flexibility index (Phi) is 6.57. The van der Waals surface area contributed by atoms with Gasteiger partial charge in [-0.2, -0.15) is 0 Å². The van der Waals surface area contributed by atoms with E-state index in [9.17, 15) is 14.7 Å². The monoisotopic (exact) mass is 341 g/mol. The quantitative estimate of drug-likeness (QED) is 0.759. The molecule has 0 aliphatic rings. The summed E-state index contributed by atoms with van der Waals surface area (Å²) in [5.74, 6) is -1.23. The molecule has 0 bridgehead atoms. The molecule has 2 N–H and O–H groups in total. The third-order valence-corrected chi connectivity index (χ3v) is 3.82. The van der Waals surface area contributed by atoms with Crippen molar-refractivity contribution in [1.82, 2.24) is 5.32 Å². The molecule has 0 aliphatic carbocycles. The van der Waals surface area contributed by atoms with Crippen molar-refractivity contribution in [3.63, 3.8) is 0 Å². The number of hydrogen-bond donors (Lipinski definition) is 2. The van der Waals surface area contributed by atoms with Crippen molar-refractivity contribution in [2.24, 2.45) is 0 Å². The summed E-state index contributed by atoms with van der Waals surface area (Å²) in [5.41, 5.74) is 2.10. The molecular formula is C20H23NO4. The van der Waals surface area contributed by atoms with Crippen molar-refractivity contribution in [3.8, 4) is 5.75 Å². The number of aryl methyl sites for hydroxylation is 2. The number of esters is 1. The van der Waals surface area contributed by atoms with Crippen LogP contribution in [0.2, 0.25) is 0 Å². The fourth-order valence-electron chi connectivity index (χ4n) is 2.44. The molecule has 5 heteroatoms. The highest BCUT2D eigenvalue weighted by Crippen LogP contribution is 2.19. The lowest BCUT2D eigenvalue weighted by molar-refractivity contribution is -0.124. The lowest BCUT2D eigenvalue weighted by Crippen LogP contribution is -2.36. The van der Waals surface area contributed by atoms with Gasteiger partial charge in [-0.3, -0.25) is 4.79 Å². The summed E-state index contributed by atoms with van der Waals surface area (Å²) in [5, 5.41) is 12.6. The minimum Gasteiger partial charge on any atom is -0.507 e. The first-order chi connectivity index (χ1) is 12.0. The summed E-state index contributed by atoms with van der Waals surface area (Å²) < 4.78 is 4.96. The van der Waals surface area contributed by atoms with E-state index in [-0.39, 0.29) is 29.9 Å². The molecule has 5 nitrogen and oxygen atoms in total. The van der Waals surface area contributed by atoms with Gasteiger partial charge in [-0.05, 0) is 49.9 Å². The van der Waals surface area contributed by atoms with E-state index in [2.05, 4.69) is 5.32 Å². The van der Waals surface area contributed by atoms with E-state index >= 15 is 0 Å². The number of hydrogen-bond acceptors (Lipinski definition) is 4. The number of phenolic OH excluding ortho intramolecular Hbond substituents is 1. The minimum atomic E-state index is -0.718. The van der Waals surface area contributed by atoms with Crippen molar-refractivity contribution < 1.29 is 19.4 Å². The Morgan fingerprint density at radius 1 is 1.16 bits per heavy atom. The van der Waals surface area contributed by atoms with Crippen LogP contribution >= 0.6 is 0 Å². The van der Waals surface area contributed by atoms with Crippen LogP contribution in [-0.2, 0) is 16.0 Å². The Morgan fingerprint density at radius 3 is 2.56 bits per heavy atom. The van der Waals surface area contributed by atoms with Gasteiger partial charge in [0.1, 0.15) is 11.3 Å². The maximum Gasteiger partial charge on any atom is 0.342 e. The van der Waals surface area contributed by atoms with Gasteiger partial charge in [-0.1, -0.05) is 36.4 Å². The zero-order valence-corrected chi connectivity index (χ0v) is 14.5. The van der Waals surface area contributed by atoms with Gasteiger partial charge in [-0.25, -0.2) is 4.79 Å². The first kappa shape index (κ1) is 18.5. The Bertz CT molecular complexity index is 728. The Hall–Kier alpha value is -2.82. The maximum absolute atomic E-state index is 11.9. The maximum atomic E-state index is 11.9. The van der Waals surface area contributed by atoms with E-state index < -0.39 is 5.97 Å². The molecule has 2 aromatic carbocycles. The SMILES string of the molecule is Cc1ccc(C(=O)OCC(=O)N[C@H](C)CCc2ccccc2)c(O)c1. The summed E-state index contributed by atoms with van der Waals surface area (Å²) in [6.45, 7) is 3.34. The molecule has 132 valence electrons. The second kappa shape index (κ2) is 8.87. The highest BCUT2D eigenvalue weighted by atomic mass is 16.5. The zero-order valence-electron chi connectivity index (χ0n) is 14.5. The molecule has 0 radical (unpaired) electrons. The van der Waals surface area contributed by atoms with Gasteiger partial charge in [-0.15, -0.1) is 0 Å². The average molecular weight is 341 g/mol. The smallest absolute Gasteiger partial charge is 0.342 e. The molecule has 1 amide bonds. The fraction of sp³-hybridized carbons (Fsp3) is 0.300. The molecule has 0 aromatic heterocycles. The van der Waals surface area contributed by atoms with Gasteiger partial charge in [0.05, 0.1) is 0 Å². The number of ether oxygens (including phenoxy) is 1. The second-order valence-corrected chi connectivity index (χ2v) is 6.09. The van der Waals surface area contributed by atoms with E-state index in [0.717, 1.165) is 18.4 Å². The topological polar surface area (TPSA) is 75.6 Å². The van der Waals surface area contributed by atoms with E-state index in [4.69, 9.17) is 4.74 Å². The number of phenols is 1. The number of rotatable bonds is 7. The van der Waals surface area contributed by atoms with Crippen molar-refractivity contribution in [2.75, 3.05) is 6.61 Å². The molecule has 0 saturated heterocycles. The van der Waals surface area contributed by atoms with Crippen LogP contribution in [0.25, 0.3) is 0 Å². The van der Waals surface area contributed by atoms with Gasteiger partial charge < -0.3 is 15.2 Å². The first-order valence-corrected chi connectivity index (χ1v) is 8.25. The molecule has 0 aliphatic heterocycles. The average Bonchev–Trinajstić information content (AvgIpc) is 2.59. The zero-order chi connectivity index (χ0) is 18.2. The van der Waals surface area contributed by atoms with Crippen LogP contribution in [0.15, 0.2) is 48.5 Å². The predicted molar refractivity (Wildman–Crippen MR) is 95.5 cm³/mol. The van der Waals surface area contributed by atoms with Gasteiger partial charge >= 0.3 is 5.97 Å². The molecule has 1 atom stereocenters. The molecule has 2 rings (SSSR count). The lowest BCUT2D eigenvalue weighted by atomic mass is 10.1. The molecule has 0 fully saturated rings. The summed E-state index contributed by atoms with van der Waals surface area (Å²) in [7, 11) is 0. The standard InChI is InChI=1S/C20H23NO4/c1-14-8-11-17(18(22)12-14)20(24)25-13-19(23)21-15(2)9-10-16-6-4-3-5-7-16/h3-8,11-12,15,22H,9-10,13H2,1-2H3,(H,21,23)/t15-/m1/s1. The van der Waals surface area contributed by atoms with E-state index in [1.54, 1.807) is 13.0 Å². The summed E-state index contributed by atoms with van der Waals surface area (Å²) >= 11 is 0. The molecule has 0 spiro atoms. The number of nitrogens with one attached hydrogen (secondary N) is 1. The third kappa shape index (κ3) is 5.95. The number of aromatic hydroxyl groups is 1. The summed E-state index contributed by atoms with van der Waals surface area (Å²) in [4.78, 5) is 23.8. The molecule has 0 heterocycles. The Labute approximate surface area is 147 Å². The van der Waals surface area contributed by atoms with Crippen molar-refractivity contribution >= 4 is 11.9 Å². The van der Waals surface area contributed by atoms with Crippen molar-refractivity contribution in [1.29, 1.82) is 0 Å². The van der Waals surface area contributed by atoms with Crippen LogP contribution < -0.4 is 5.32 Å². The van der Waals surface area contributed by atoms with Crippen molar-refractivity contribution in [3.05, 3.63) is 65.2 Å². The highest BCUT2D eigenvalue weighted by Gasteiger charge is 2.15. The van der Waals surface area contributed by atoms with Crippen LogP contribution in [0.4, 0.5) is 0 Å². The molecule has 0 saturated carbocycles. The first-order valence-electron chi connectivity index (χ1n) is 8.25. The number of carbonyl (C=O) groups excluding carboxylic acids is 2. The van der Waals surface area contributed by atoms with Crippen LogP contribution in [-0.4, -0.2) is 29.6 Å². The lowest BCUT2D eigenvalue weighted by Gasteiger charge is -2.14. The van der Waals surface area contributed by atoms with Crippen LogP contribution in [0.3, 0.4) is 0 Å². The predicted octanol–water partition coefficient (Wildman–Crippen LogP) is 2.99. The normalized spacial score (nSPS) is 11.6. The van der Waals surface area contributed by atoms with E-state index in [1.807, 2.05) is 37.3 Å².